The van der Waals surface area contributed by atoms with Crippen molar-refractivity contribution in [2.45, 2.75) is 13.8 Å². The lowest BCUT2D eigenvalue weighted by Crippen LogP contribution is -2.16. The van der Waals surface area contributed by atoms with Crippen LogP contribution in [0.2, 0.25) is 5.15 Å². The van der Waals surface area contributed by atoms with Gasteiger partial charge in [-0.25, -0.2) is 13.9 Å². The van der Waals surface area contributed by atoms with Crippen LogP contribution in [0.3, 0.4) is 0 Å². The highest BCUT2D eigenvalue weighted by Gasteiger charge is 2.24. The molecular formula is C21H17ClFN3O4. The van der Waals surface area contributed by atoms with Gasteiger partial charge in [0.2, 0.25) is 11.7 Å². The molecule has 3 aromatic rings. The average molecular weight is 430 g/mol. The van der Waals surface area contributed by atoms with Crippen LogP contribution in [0, 0.1) is 12.7 Å². The first-order valence-corrected chi connectivity index (χ1v) is 9.23. The summed E-state index contributed by atoms with van der Waals surface area (Å²) in [5.74, 6) is -2.79. The Morgan fingerprint density at radius 2 is 1.87 bits per heavy atom. The number of nitrogens with zero attached hydrogens (tertiary/aromatic N) is 2. The maximum absolute atomic E-state index is 14.2. The molecule has 0 fully saturated rings. The Morgan fingerprint density at radius 3 is 2.50 bits per heavy atom. The van der Waals surface area contributed by atoms with Crippen LogP contribution >= 0.6 is 11.6 Å². The zero-order chi connectivity index (χ0) is 21.8. The van der Waals surface area contributed by atoms with Crippen LogP contribution in [0.1, 0.15) is 33.3 Å². The number of halogens is 2. The van der Waals surface area contributed by atoms with Gasteiger partial charge in [-0.15, -0.1) is 0 Å². The molecular weight excluding hydrogens is 413 g/mol. The van der Waals surface area contributed by atoms with E-state index in [2.05, 4.69) is 10.4 Å². The monoisotopic (exact) mass is 429 g/mol. The fourth-order valence-corrected chi connectivity index (χ4v) is 3.12. The molecule has 0 aliphatic rings. The van der Waals surface area contributed by atoms with E-state index in [1.807, 2.05) is 6.07 Å². The highest BCUT2D eigenvalue weighted by Crippen LogP contribution is 2.24. The Labute approximate surface area is 176 Å². The molecule has 154 valence electrons. The zero-order valence-electron chi connectivity index (χ0n) is 16.1. The van der Waals surface area contributed by atoms with Crippen molar-refractivity contribution in [3.63, 3.8) is 0 Å². The summed E-state index contributed by atoms with van der Waals surface area (Å²) in [6, 6.07) is 12.6. The number of nitrogens with one attached hydrogen (secondary N) is 1. The Morgan fingerprint density at radius 1 is 1.17 bits per heavy atom. The molecule has 7 nitrogen and oxygen atoms in total. The molecule has 1 heterocycles. The van der Waals surface area contributed by atoms with Crippen molar-refractivity contribution in [3.8, 4) is 5.69 Å². The molecule has 0 spiro atoms. The second kappa shape index (κ2) is 8.87. The van der Waals surface area contributed by atoms with E-state index < -0.39 is 24.2 Å². The minimum atomic E-state index is -0.844. The normalized spacial score (nSPS) is 10.5. The molecule has 0 unspecified atom stereocenters. The van der Waals surface area contributed by atoms with Crippen molar-refractivity contribution in [2.75, 3.05) is 11.9 Å². The standard InChI is InChI=1S/C21H17ClFN3O4/c1-12-19(20(22)26(25-12)15-6-4-3-5-7-15)21(29)30-11-18(28)16-9-8-14(10-17(16)23)24-13(2)27/h3-10H,11H2,1-2H3,(H,24,27). The molecule has 0 saturated heterocycles. The van der Waals surface area contributed by atoms with Gasteiger partial charge in [0.05, 0.1) is 16.9 Å². The number of carbonyl (C=O) groups is 3. The summed E-state index contributed by atoms with van der Waals surface area (Å²) in [5, 5.41) is 6.69. The molecule has 1 N–H and O–H groups in total. The number of aromatic nitrogens is 2. The number of amides is 1. The summed E-state index contributed by atoms with van der Waals surface area (Å²) in [6.07, 6.45) is 0. The van der Waals surface area contributed by atoms with Crippen LogP contribution < -0.4 is 5.32 Å². The lowest BCUT2D eigenvalue weighted by Gasteiger charge is -2.07. The lowest BCUT2D eigenvalue weighted by molar-refractivity contribution is -0.114. The van der Waals surface area contributed by atoms with E-state index in [1.165, 1.54) is 23.7 Å². The third-order valence-corrected chi connectivity index (χ3v) is 4.48. The number of benzene rings is 2. The number of anilines is 1. The van der Waals surface area contributed by atoms with Gasteiger partial charge < -0.3 is 10.1 Å². The lowest BCUT2D eigenvalue weighted by atomic mass is 10.1. The van der Waals surface area contributed by atoms with Gasteiger partial charge in [0.1, 0.15) is 16.5 Å². The summed E-state index contributed by atoms with van der Waals surface area (Å²) in [7, 11) is 0. The minimum Gasteiger partial charge on any atom is -0.454 e. The van der Waals surface area contributed by atoms with Crippen molar-refractivity contribution in [3.05, 3.63) is 76.3 Å². The van der Waals surface area contributed by atoms with E-state index in [0.29, 0.717) is 11.4 Å². The van der Waals surface area contributed by atoms with Gasteiger partial charge in [-0.3, -0.25) is 9.59 Å². The quantitative estimate of drug-likeness (QED) is 0.473. The number of carbonyl (C=O) groups excluding carboxylic acids is 3. The number of para-hydroxylation sites is 1. The molecule has 0 atom stereocenters. The molecule has 3 rings (SSSR count). The molecule has 2 aromatic carbocycles. The molecule has 0 aliphatic heterocycles. The minimum absolute atomic E-state index is 0.0230. The van der Waals surface area contributed by atoms with Gasteiger partial charge in [-0.1, -0.05) is 29.8 Å². The van der Waals surface area contributed by atoms with Crippen molar-refractivity contribution >= 4 is 34.9 Å². The number of hydrogen-bond donors (Lipinski definition) is 1. The molecule has 0 radical (unpaired) electrons. The van der Waals surface area contributed by atoms with Gasteiger partial charge >= 0.3 is 5.97 Å². The molecule has 0 aliphatic carbocycles. The van der Waals surface area contributed by atoms with E-state index >= 15 is 0 Å². The number of Topliss-reactive ketones (excluding diaryl/α,β-unsaturated/α-hetero) is 1. The van der Waals surface area contributed by atoms with E-state index in [-0.39, 0.29) is 27.9 Å². The number of hydrogen-bond acceptors (Lipinski definition) is 5. The SMILES string of the molecule is CC(=O)Nc1ccc(C(=O)COC(=O)c2c(C)nn(-c3ccccc3)c2Cl)c(F)c1. The van der Waals surface area contributed by atoms with Crippen LogP contribution in [0.4, 0.5) is 10.1 Å². The predicted molar refractivity (Wildman–Crippen MR) is 109 cm³/mol. The van der Waals surface area contributed by atoms with E-state index in [4.69, 9.17) is 16.3 Å². The fraction of sp³-hybridized carbons (Fsp3) is 0.143. The average Bonchev–Trinajstić information content (AvgIpc) is 3.00. The van der Waals surface area contributed by atoms with Gasteiger partial charge in [-0.2, -0.15) is 5.10 Å². The fourth-order valence-electron chi connectivity index (χ4n) is 2.77. The molecule has 9 heteroatoms. The van der Waals surface area contributed by atoms with E-state index in [1.54, 1.807) is 31.2 Å². The maximum Gasteiger partial charge on any atom is 0.343 e. The Kier molecular flexibility index (Phi) is 6.27. The van der Waals surface area contributed by atoms with Crippen molar-refractivity contribution < 1.29 is 23.5 Å². The van der Waals surface area contributed by atoms with Gasteiger partial charge in [-0.05, 0) is 37.3 Å². The Bertz CT molecular complexity index is 1130. The first-order valence-electron chi connectivity index (χ1n) is 8.86. The van der Waals surface area contributed by atoms with Crippen molar-refractivity contribution in [2.24, 2.45) is 0 Å². The molecule has 0 saturated carbocycles. The van der Waals surface area contributed by atoms with Crippen LogP contribution in [0.25, 0.3) is 5.69 Å². The number of ether oxygens (including phenoxy) is 1. The third-order valence-electron chi connectivity index (χ3n) is 4.13. The predicted octanol–water partition coefficient (Wildman–Crippen LogP) is 3.97. The largest absolute Gasteiger partial charge is 0.454 e. The van der Waals surface area contributed by atoms with Crippen molar-refractivity contribution in [1.82, 2.24) is 9.78 Å². The zero-order valence-corrected chi connectivity index (χ0v) is 16.9. The number of ketones is 1. The summed E-state index contributed by atoms with van der Waals surface area (Å²) >= 11 is 6.30. The summed E-state index contributed by atoms with van der Waals surface area (Å²) in [5.41, 5.74) is 0.952. The molecule has 1 aromatic heterocycles. The molecule has 1 amide bonds. The summed E-state index contributed by atoms with van der Waals surface area (Å²) in [4.78, 5) is 35.8. The van der Waals surface area contributed by atoms with Crippen LogP contribution in [-0.4, -0.2) is 34.0 Å². The topological polar surface area (TPSA) is 90.3 Å². The second-order valence-electron chi connectivity index (χ2n) is 6.37. The number of aryl methyl sites for hydroxylation is 1. The first-order chi connectivity index (χ1) is 14.3. The van der Waals surface area contributed by atoms with E-state index in [0.717, 1.165) is 6.07 Å². The van der Waals surface area contributed by atoms with Crippen LogP contribution in [-0.2, 0) is 9.53 Å². The smallest absolute Gasteiger partial charge is 0.343 e. The molecule has 30 heavy (non-hydrogen) atoms. The highest BCUT2D eigenvalue weighted by atomic mass is 35.5. The maximum atomic E-state index is 14.2. The van der Waals surface area contributed by atoms with Gasteiger partial charge in [0.25, 0.3) is 0 Å². The number of rotatable bonds is 6. The number of esters is 1. The second-order valence-corrected chi connectivity index (χ2v) is 6.73. The highest BCUT2D eigenvalue weighted by molar-refractivity contribution is 6.33. The Balaban J connectivity index is 1.72. The van der Waals surface area contributed by atoms with Crippen LogP contribution in [0.15, 0.2) is 48.5 Å². The molecule has 0 bridgehead atoms. The van der Waals surface area contributed by atoms with Crippen LogP contribution in [0.5, 0.6) is 0 Å². The Hall–Kier alpha value is -3.52. The first kappa shape index (κ1) is 21.2. The van der Waals surface area contributed by atoms with Gasteiger partial charge in [0, 0.05) is 12.6 Å². The van der Waals surface area contributed by atoms with E-state index in [9.17, 15) is 18.8 Å². The van der Waals surface area contributed by atoms with Crippen molar-refractivity contribution in [1.29, 1.82) is 0 Å². The summed E-state index contributed by atoms with van der Waals surface area (Å²) < 4.78 is 20.6. The third kappa shape index (κ3) is 4.55. The van der Waals surface area contributed by atoms with Gasteiger partial charge in [0.15, 0.2) is 6.61 Å². The summed E-state index contributed by atoms with van der Waals surface area (Å²) in [6.45, 7) is 2.19.